The summed E-state index contributed by atoms with van der Waals surface area (Å²) in [4.78, 5) is 17.0. The average molecular weight is 393 g/mol. The maximum Gasteiger partial charge on any atom is 0.255 e. The molecule has 2 aliphatic rings. The summed E-state index contributed by atoms with van der Waals surface area (Å²) in [5.74, 6) is -0.0223. The standard InChI is InChI=1S/C17H23Cl2N3O.ClH/c1-17(5-6-20-11-17)12-21-7-9-22(10-8-21)16(23)13-3-2-4-14(18)15(13)19;/h2-4,20H,5-12H2,1H3;1H. The lowest BCUT2D eigenvalue weighted by Gasteiger charge is -2.38. The van der Waals surface area contributed by atoms with Crippen LogP contribution in [0, 0.1) is 5.41 Å². The Hall–Kier alpha value is -0.520. The minimum atomic E-state index is -0.0223. The van der Waals surface area contributed by atoms with Crippen molar-refractivity contribution in [3.05, 3.63) is 33.8 Å². The summed E-state index contributed by atoms with van der Waals surface area (Å²) in [7, 11) is 0. The Balaban J connectivity index is 0.00000208. The van der Waals surface area contributed by atoms with Crippen LogP contribution in [-0.2, 0) is 0 Å². The van der Waals surface area contributed by atoms with Gasteiger partial charge in [-0.05, 0) is 30.5 Å². The van der Waals surface area contributed by atoms with Crippen LogP contribution in [-0.4, -0.2) is 61.5 Å². The first kappa shape index (κ1) is 19.8. The molecular weight excluding hydrogens is 369 g/mol. The molecule has 0 aromatic heterocycles. The Kier molecular flexibility index (Phi) is 6.80. The lowest BCUT2D eigenvalue weighted by Crippen LogP contribution is -2.51. The average Bonchev–Trinajstić information content (AvgIpc) is 2.96. The third-order valence-corrected chi connectivity index (χ3v) is 5.72. The predicted octanol–water partition coefficient (Wildman–Crippen LogP) is 3.17. The van der Waals surface area contributed by atoms with Gasteiger partial charge in [-0.25, -0.2) is 0 Å². The number of nitrogens with one attached hydrogen (secondary N) is 1. The quantitative estimate of drug-likeness (QED) is 0.858. The van der Waals surface area contributed by atoms with E-state index < -0.39 is 0 Å². The number of carbonyl (C=O) groups is 1. The van der Waals surface area contributed by atoms with E-state index in [4.69, 9.17) is 23.2 Å². The molecule has 0 aliphatic carbocycles. The highest BCUT2D eigenvalue weighted by molar-refractivity contribution is 6.43. The van der Waals surface area contributed by atoms with Crippen molar-refractivity contribution in [2.75, 3.05) is 45.8 Å². The molecule has 1 unspecified atom stereocenters. The summed E-state index contributed by atoms with van der Waals surface area (Å²) in [6, 6.07) is 5.22. The van der Waals surface area contributed by atoms with E-state index in [1.165, 1.54) is 6.42 Å². The van der Waals surface area contributed by atoms with Crippen LogP contribution in [0.4, 0.5) is 0 Å². The highest BCUT2D eigenvalue weighted by Crippen LogP contribution is 2.28. The SMILES string of the molecule is CC1(CN2CCN(C(=O)c3cccc(Cl)c3Cl)CC2)CCNC1.Cl. The Morgan fingerprint density at radius 1 is 1.25 bits per heavy atom. The van der Waals surface area contributed by atoms with Crippen molar-refractivity contribution < 1.29 is 4.79 Å². The Morgan fingerprint density at radius 3 is 2.58 bits per heavy atom. The summed E-state index contributed by atoms with van der Waals surface area (Å²) in [5, 5.41) is 4.23. The van der Waals surface area contributed by atoms with Crippen LogP contribution in [0.5, 0.6) is 0 Å². The lowest BCUT2D eigenvalue weighted by atomic mass is 9.89. The molecule has 7 heteroatoms. The minimum Gasteiger partial charge on any atom is -0.336 e. The van der Waals surface area contributed by atoms with E-state index in [1.54, 1.807) is 18.2 Å². The van der Waals surface area contributed by atoms with Crippen molar-refractivity contribution >= 4 is 41.5 Å². The number of hydrogen-bond acceptors (Lipinski definition) is 3. The number of benzene rings is 1. The van der Waals surface area contributed by atoms with E-state index in [0.717, 1.165) is 45.8 Å². The molecule has 0 radical (unpaired) electrons. The lowest BCUT2D eigenvalue weighted by molar-refractivity contribution is 0.0582. The molecule has 1 N–H and O–H groups in total. The molecule has 2 heterocycles. The fourth-order valence-corrected chi connectivity index (χ4v) is 3.87. The fraction of sp³-hybridized carbons (Fsp3) is 0.588. The van der Waals surface area contributed by atoms with E-state index in [9.17, 15) is 4.79 Å². The molecule has 1 aromatic carbocycles. The summed E-state index contributed by atoms with van der Waals surface area (Å²) >= 11 is 12.2. The molecule has 2 aliphatic heterocycles. The van der Waals surface area contributed by atoms with Gasteiger partial charge in [-0.15, -0.1) is 12.4 Å². The van der Waals surface area contributed by atoms with Gasteiger partial charge in [0.25, 0.3) is 5.91 Å². The molecule has 0 saturated carbocycles. The van der Waals surface area contributed by atoms with Gasteiger partial charge in [-0.3, -0.25) is 9.69 Å². The first-order valence-electron chi connectivity index (χ1n) is 8.15. The van der Waals surface area contributed by atoms with Gasteiger partial charge in [0.1, 0.15) is 0 Å². The van der Waals surface area contributed by atoms with Crippen molar-refractivity contribution in [3.8, 4) is 0 Å². The zero-order chi connectivity index (χ0) is 16.4. The number of halogens is 3. The highest BCUT2D eigenvalue weighted by atomic mass is 35.5. The highest BCUT2D eigenvalue weighted by Gasteiger charge is 2.32. The Morgan fingerprint density at radius 2 is 1.96 bits per heavy atom. The zero-order valence-electron chi connectivity index (χ0n) is 13.9. The monoisotopic (exact) mass is 391 g/mol. The number of rotatable bonds is 3. The maximum absolute atomic E-state index is 12.6. The predicted molar refractivity (Wildman–Crippen MR) is 102 cm³/mol. The van der Waals surface area contributed by atoms with Crippen molar-refractivity contribution in [1.29, 1.82) is 0 Å². The second-order valence-electron chi connectivity index (χ2n) is 6.91. The second-order valence-corrected chi connectivity index (χ2v) is 7.69. The van der Waals surface area contributed by atoms with Gasteiger partial charge in [0, 0.05) is 39.3 Å². The van der Waals surface area contributed by atoms with Gasteiger partial charge < -0.3 is 10.2 Å². The molecule has 1 aromatic rings. The number of carbonyl (C=O) groups excluding carboxylic acids is 1. The van der Waals surface area contributed by atoms with Crippen LogP contribution in [0.2, 0.25) is 10.0 Å². The summed E-state index contributed by atoms with van der Waals surface area (Å²) in [6.45, 7) is 8.96. The van der Waals surface area contributed by atoms with Crippen LogP contribution < -0.4 is 5.32 Å². The van der Waals surface area contributed by atoms with Crippen LogP contribution in [0.1, 0.15) is 23.7 Å². The number of hydrogen-bond donors (Lipinski definition) is 1. The van der Waals surface area contributed by atoms with Gasteiger partial charge in [-0.1, -0.05) is 36.2 Å². The number of nitrogens with zero attached hydrogens (tertiary/aromatic N) is 2. The zero-order valence-corrected chi connectivity index (χ0v) is 16.2. The summed E-state index contributed by atoms with van der Waals surface area (Å²) < 4.78 is 0. The van der Waals surface area contributed by atoms with E-state index in [2.05, 4.69) is 17.1 Å². The molecule has 4 nitrogen and oxygen atoms in total. The second kappa shape index (κ2) is 8.24. The number of piperazine rings is 1. The maximum atomic E-state index is 12.6. The minimum absolute atomic E-state index is 0. The molecule has 0 bridgehead atoms. The van der Waals surface area contributed by atoms with Crippen molar-refractivity contribution in [2.45, 2.75) is 13.3 Å². The molecule has 3 rings (SSSR count). The molecule has 134 valence electrons. The van der Waals surface area contributed by atoms with Crippen molar-refractivity contribution in [2.24, 2.45) is 5.41 Å². The largest absolute Gasteiger partial charge is 0.336 e. The van der Waals surface area contributed by atoms with Crippen LogP contribution >= 0.6 is 35.6 Å². The Bertz CT molecular complexity index is 582. The molecule has 1 amide bonds. The van der Waals surface area contributed by atoms with Crippen LogP contribution in [0.25, 0.3) is 0 Å². The smallest absolute Gasteiger partial charge is 0.255 e. The van der Waals surface area contributed by atoms with Gasteiger partial charge in [0.15, 0.2) is 0 Å². The first-order valence-corrected chi connectivity index (χ1v) is 8.90. The molecule has 2 fully saturated rings. The molecule has 2 saturated heterocycles. The van der Waals surface area contributed by atoms with E-state index in [1.807, 2.05) is 4.90 Å². The molecule has 1 atom stereocenters. The summed E-state index contributed by atoms with van der Waals surface area (Å²) in [6.07, 6.45) is 1.23. The third kappa shape index (κ3) is 4.36. The summed E-state index contributed by atoms with van der Waals surface area (Å²) in [5.41, 5.74) is 0.863. The first-order chi connectivity index (χ1) is 11.0. The van der Waals surface area contributed by atoms with E-state index in [0.29, 0.717) is 21.0 Å². The fourth-order valence-electron chi connectivity index (χ4n) is 3.49. The Labute approximate surface area is 159 Å². The van der Waals surface area contributed by atoms with Crippen LogP contribution in [0.15, 0.2) is 18.2 Å². The van der Waals surface area contributed by atoms with E-state index in [-0.39, 0.29) is 18.3 Å². The molecule has 0 spiro atoms. The van der Waals surface area contributed by atoms with Crippen molar-refractivity contribution in [1.82, 2.24) is 15.1 Å². The number of amides is 1. The van der Waals surface area contributed by atoms with Crippen LogP contribution in [0.3, 0.4) is 0 Å². The molecule has 24 heavy (non-hydrogen) atoms. The van der Waals surface area contributed by atoms with Gasteiger partial charge >= 0.3 is 0 Å². The topological polar surface area (TPSA) is 35.6 Å². The normalized spacial score (nSPS) is 24.7. The van der Waals surface area contributed by atoms with E-state index >= 15 is 0 Å². The van der Waals surface area contributed by atoms with Gasteiger partial charge in [-0.2, -0.15) is 0 Å². The third-order valence-electron chi connectivity index (χ3n) is 4.90. The molecular formula is C17H24Cl3N3O. The van der Waals surface area contributed by atoms with Gasteiger partial charge in [0.05, 0.1) is 15.6 Å². The van der Waals surface area contributed by atoms with Gasteiger partial charge in [0.2, 0.25) is 0 Å². The van der Waals surface area contributed by atoms with Crippen molar-refractivity contribution in [3.63, 3.8) is 0 Å².